The first kappa shape index (κ1) is 47.1. The van der Waals surface area contributed by atoms with Crippen molar-refractivity contribution in [3.05, 3.63) is 102 Å². The second-order valence-electron chi connectivity index (χ2n) is 22.8. The summed E-state index contributed by atoms with van der Waals surface area (Å²) < 4.78 is 13.3. The second-order valence-corrected chi connectivity index (χ2v) is 22.8. The van der Waals surface area contributed by atoms with Gasteiger partial charge < -0.3 is 24.1 Å². The van der Waals surface area contributed by atoms with Crippen molar-refractivity contribution in [1.82, 2.24) is 19.5 Å². The summed E-state index contributed by atoms with van der Waals surface area (Å²) >= 11 is 0. The second kappa shape index (κ2) is 18.0. The molecule has 0 saturated heterocycles. The first-order chi connectivity index (χ1) is 33.1. The van der Waals surface area contributed by atoms with Crippen molar-refractivity contribution >= 4 is 51.8 Å². The molecule has 0 spiro atoms. The lowest BCUT2D eigenvalue weighted by atomic mass is 9.47. The van der Waals surface area contributed by atoms with Crippen LogP contribution in [-0.2, 0) is 28.7 Å². The SMILES string of the molecule is CC(=O)O[C@@H]1CC[C@@]2(C)C(=CCC3C2CC[C@]2(C)C(=O)C(=CO)CC32)C1.CC(=O)O[C@@H]1CC[C@@]2(C)C(=CCC3C2CC[C@]2(C)C(n4cnc5ccccc54)=C(C=O)CC32)C1.c1ccc2[nH]cnc2c1. The Kier molecular flexibility index (Phi) is 12.3. The number of imidazole rings is 2. The van der Waals surface area contributed by atoms with Gasteiger partial charge in [0, 0.05) is 54.4 Å². The fourth-order valence-corrected chi connectivity index (χ4v) is 16.0. The van der Waals surface area contributed by atoms with E-state index in [4.69, 9.17) is 9.47 Å². The number of carbonyl (C=O) groups excluding carboxylic acids is 4. The van der Waals surface area contributed by atoms with Crippen LogP contribution in [0.5, 0.6) is 0 Å². The number of aldehydes is 1. The van der Waals surface area contributed by atoms with Gasteiger partial charge >= 0.3 is 11.9 Å². The van der Waals surface area contributed by atoms with E-state index in [9.17, 15) is 24.3 Å². The maximum atomic E-state index is 12.8. The van der Waals surface area contributed by atoms with Gasteiger partial charge in [-0.1, -0.05) is 75.3 Å². The molecule has 5 saturated carbocycles. The van der Waals surface area contributed by atoms with Crippen molar-refractivity contribution in [2.24, 2.45) is 57.2 Å². The zero-order valence-electron chi connectivity index (χ0n) is 41.3. The Hall–Kier alpha value is -5.58. The van der Waals surface area contributed by atoms with Gasteiger partial charge in [-0.25, -0.2) is 9.97 Å². The molecule has 8 aliphatic rings. The molecule has 12 rings (SSSR count). The van der Waals surface area contributed by atoms with Crippen LogP contribution in [0.3, 0.4) is 0 Å². The van der Waals surface area contributed by atoms with Crippen LogP contribution in [0.2, 0.25) is 0 Å². The summed E-state index contributed by atoms with van der Waals surface area (Å²) in [6, 6.07) is 16.2. The molecule has 4 aromatic rings. The molecular weight excluding hydrogens is 865 g/mol. The van der Waals surface area contributed by atoms with Crippen molar-refractivity contribution in [2.75, 3.05) is 0 Å². The number of aliphatic hydroxyl groups excluding tert-OH is 1. The van der Waals surface area contributed by atoms with Gasteiger partial charge in [0.1, 0.15) is 24.8 Å². The summed E-state index contributed by atoms with van der Waals surface area (Å²) in [5.74, 6) is 2.90. The summed E-state index contributed by atoms with van der Waals surface area (Å²) in [5, 5.41) is 9.50. The van der Waals surface area contributed by atoms with E-state index < -0.39 is 0 Å². The highest BCUT2D eigenvalue weighted by Crippen LogP contribution is 2.68. The van der Waals surface area contributed by atoms with Gasteiger partial charge in [-0.15, -0.1) is 0 Å². The minimum Gasteiger partial charge on any atom is -0.515 e. The van der Waals surface area contributed by atoms with Crippen molar-refractivity contribution in [2.45, 2.75) is 144 Å². The number of hydrogen-bond donors (Lipinski definition) is 2. The molecule has 6 unspecified atom stereocenters. The number of aliphatic hydroxyl groups is 1. The number of ketones is 1. The molecule has 2 heterocycles. The Bertz CT molecular complexity index is 2780. The average Bonchev–Trinajstić information content (AvgIpc) is 4.11. The number of carbonyl (C=O) groups is 4. The number of H-pyrrole nitrogens is 1. The van der Waals surface area contributed by atoms with Crippen LogP contribution in [0.1, 0.15) is 131 Å². The number of nitrogens with zero attached hydrogens (tertiary/aromatic N) is 3. The molecule has 2 aromatic carbocycles. The van der Waals surface area contributed by atoms with Gasteiger partial charge in [0.25, 0.3) is 0 Å². The number of esters is 2. The zero-order valence-corrected chi connectivity index (χ0v) is 41.3. The van der Waals surface area contributed by atoms with Crippen LogP contribution in [0.25, 0.3) is 27.8 Å². The Balaban J connectivity index is 0.000000139. The number of hydrogen-bond acceptors (Lipinski definition) is 9. The third-order valence-corrected chi connectivity index (χ3v) is 19.4. The minimum atomic E-state index is -0.299. The maximum absolute atomic E-state index is 12.8. The predicted molar refractivity (Wildman–Crippen MR) is 266 cm³/mol. The van der Waals surface area contributed by atoms with Gasteiger partial charge in [-0.3, -0.25) is 19.2 Å². The lowest BCUT2D eigenvalue weighted by molar-refractivity contribution is -0.149. The molecule has 8 aliphatic carbocycles. The number of ether oxygens (including phenoxy) is 2. The van der Waals surface area contributed by atoms with Crippen LogP contribution in [0, 0.1) is 57.2 Å². The molecule has 2 aromatic heterocycles. The van der Waals surface area contributed by atoms with Crippen LogP contribution < -0.4 is 0 Å². The van der Waals surface area contributed by atoms with E-state index in [2.05, 4.69) is 65.4 Å². The van der Waals surface area contributed by atoms with Crippen LogP contribution >= 0.6 is 0 Å². The first-order valence-electron chi connectivity index (χ1n) is 25.7. The predicted octanol–water partition coefficient (Wildman–Crippen LogP) is 12.0. The van der Waals surface area contributed by atoms with Crippen molar-refractivity contribution in [3.63, 3.8) is 0 Å². The Morgan fingerprint density at radius 2 is 1.25 bits per heavy atom. The molecular formula is C58H70N4O7. The first-order valence-corrected chi connectivity index (χ1v) is 25.7. The molecule has 69 heavy (non-hydrogen) atoms. The fraction of sp³-hybridized carbons (Fsp3) is 0.552. The van der Waals surface area contributed by atoms with E-state index in [1.54, 1.807) is 6.33 Å². The maximum Gasteiger partial charge on any atom is 0.302 e. The molecule has 2 N–H and O–H groups in total. The Morgan fingerprint density at radius 1 is 0.696 bits per heavy atom. The minimum absolute atomic E-state index is 0.0224. The highest BCUT2D eigenvalue weighted by molar-refractivity contribution is 6.02. The number of para-hydroxylation sites is 4. The summed E-state index contributed by atoms with van der Waals surface area (Å²) in [5.41, 5.74) is 9.90. The topological polar surface area (TPSA) is 153 Å². The normalized spacial score (nSPS) is 37.0. The van der Waals surface area contributed by atoms with Gasteiger partial charge in [-0.2, -0.15) is 0 Å². The number of fused-ring (bicyclic) bond motifs is 12. The van der Waals surface area contributed by atoms with E-state index >= 15 is 0 Å². The van der Waals surface area contributed by atoms with Crippen molar-refractivity contribution in [3.8, 4) is 0 Å². The van der Waals surface area contributed by atoms with E-state index in [0.29, 0.717) is 41.1 Å². The monoisotopic (exact) mass is 935 g/mol. The number of rotatable bonds is 4. The highest BCUT2D eigenvalue weighted by Gasteiger charge is 2.61. The number of nitrogens with one attached hydrogen (secondary N) is 1. The number of aromatic nitrogens is 4. The number of benzene rings is 2. The van der Waals surface area contributed by atoms with E-state index in [0.717, 1.165) is 124 Å². The molecule has 0 amide bonds. The molecule has 12 atom stereocenters. The molecule has 0 aliphatic heterocycles. The standard InChI is InChI=1S/C29H34N2O3.C22H30O4.C7H6N2/c1-18(33)34-21-10-12-28(2)20(15-21)8-9-22-23(28)11-13-29(3)24(22)14-19(16-32)27(29)31-17-30-25-6-4-5-7-26(25)31;1-13(24)26-16-6-8-21(2)15(11-16)4-5-17-18(21)7-9-22(3)19(17)10-14(12-23)20(22)25;1-2-4-7-6(3-1)8-5-9-7/h4-8,16-17,21-24H,9-15H2,1-3H3;4,12,16-19,23H,5-11H2,1-3H3;1-5H,(H,8,9)/t21-,22?,23?,24?,28+,29+;16-,17?,18?,19?,21+,22+;/m11./s1. The smallest absolute Gasteiger partial charge is 0.302 e. The molecule has 0 bridgehead atoms. The molecule has 364 valence electrons. The number of Topliss-reactive ketones (excluding diaryl/α,β-unsaturated/α-hetero) is 1. The summed E-state index contributed by atoms with van der Waals surface area (Å²) in [7, 11) is 0. The highest BCUT2D eigenvalue weighted by atomic mass is 16.5. The third-order valence-electron chi connectivity index (χ3n) is 19.4. The van der Waals surface area contributed by atoms with Crippen molar-refractivity contribution in [1.29, 1.82) is 0 Å². The third kappa shape index (κ3) is 7.94. The van der Waals surface area contributed by atoms with E-state index in [1.807, 2.05) is 48.8 Å². The Morgan fingerprint density at radius 3 is 1.83 bits per heavy atom. The van der Waals surface area contributed by atoms with Gasteiger partial charge in [-0.05, 0) is 148 Å². The molecule has 5 fully saturated rings. The lowest BCUT2D eigenvalue weighted by Gasteiger charge is -2.57. The Labute approximate surface area is 406 Å². The number of aromatic amines is 1. The van der Waals surface area contributed by atoms with E-state index in [1.165, 1.54) is 37.1 Å². The van der Waals surface area contributed by atoms with Crippen molar-refractivity contribution < 1.29 is 33.8 Å². The quantitative estimate of drug-likeness (QED) is 0.0669. The molecule has 11 heteroatoms. The fourth-order valence-electron chi connectivity index (χ4n) is 16.0. The summed E-state index contributed by atoms with van der Waals surface area (Å²) in [6.45, 7) is 12.4. The van der Waals surface area contributed by atoms with Crippen LogP contribution in [-0.4, -0.2) is 60.8 Å². The van der Waals surface area contributed by atoms with Crippen LogP contribution in [0.4, 0.5) is 0 Å². The van der Waals surface area contributed by atoms with Gasteiger partial charge in [0.05, 0.1) is 34.7 Å². The zero-order chi connectivity index (χ0) is 48.5. The largest absolute Gasteiger partial charge is 0.515 e. The van der Waals surface area contributed by atoms with Crippen LogP contribution in [0.15, 0.2) is 102 Å². The summed E-state index contributed by atoms with van der Waals surface area (Å²) in [6.07, 6.45) is 24.3. The van der Waals surface area contributed by atoms with E-state index in [-0.39, 0.29) is 51.6 Å². The molecule has 0 radical (unpaired) electrons. The van der Waals surface area contributed by atoms with Gasteiger partial charge in [0.15, 0.2) is 5.78 Å². The lowest BCUT2D eigenvalue weighted by Crippen LogP contribution is -2.50. The number of allylic oxidation sites excluding steroid dienone is 5. The van der Waals surface area contributed by atoms with Gasteiger partial charge in [0.2, 0.25) is 0 Å². The average molecular weight is 935 g/mol. The molecule has 11 nitrogen and oxygen atoms in total. The summed E-state index contributed by atoms with van der Waals surface area (Å²) in [4.78, 5) is 59.7.